The third-order valence-electron chi connectivity index (χ3n) is 8.09. The molecule has 44 heavy (non-hydrogen) atoms. The number of carboxylic acids is 1. The van der Waals surface area contributed by atoms with Gasteiger partial charge in [-0.3, -0.25) is 4.79 Å². The van der Waals surface area contributed by atoms with Crippen molar-refractivity contribution in [2.24, 2.45) is 11.8 Å². The first-order chi connectivity index (χ1) is 20.3. The summed E-state index contributed by atoms with van der Waals surface area (Å²) in [7, 11) is 1.38. The zero-order valence-corrected chi connectivity index (χ0v) is 25.1. The number of halogens is 6. The molecule has 0 spiro atoms. The maximum atomic E-state index is 12.5. The quantitative estimate of drug-likeness (QED) is 0.256. The Morgan fingerprint density at radius 1 is 0.705 bits per heavy atom. The number of ether oxygens (including phenoxy) is 1. The number of nitrogens with zero attached hydrogens (tertiary/aromatic N) is 2. The molecule has 0 aliphatic carbocycles. The number of alkyl halides is 6. The summed E-state index contributed by atoms with van der Waals surface area (Å²) in [5, 5.41) is 10.4. The second-order valence-corrected chi connectivity index (χ2v) is 11.0. The van der Waals surface area contributed by atoms with Crippen LogP contribution in [0, 0.1) is 11.8 Å². The molecule has 0 radical (unpaired) electrons. The molecule has 2 aliphatic heterocycles. The average molecular weight is 623 g/mol. The number of esters is 1. The van der Waals surface area contributed by atoms with Crippen molar-refractivity contribution in [1.82, 2.24) is 0 Å². The van der Waals surface area contributed by atoms with E-state index in [0.29, 0.717) is 24.7 Å². The third-order valence-corrected chi connectivity index (χ3v) is 8.09. The summed E-state index contributed by atoms with van der Waals surface area (Å²) in [6.45, 7) is 3.08. The van der Waals surface area contributed by atoms with Crippen LogP contribution < -0.4 is 33.8 Å². The van der Waals surface area contributed by atoms with Gasteiger partial charge in [-0.05, 0) is 105 Å². The van der Waals surface area contributed by atoms with Crippen LogP contribution in [0.5, 0.6) is 0 Å². The molecule has 2 aromatic rings. The Morgan fingerprint density at radius 3 is 1.34 bits per heavy atom. The van der Waals surface area contributed by atoms with Crippen LogP contribution in [0.4, 0.5) is 37.7 Å². The van der Waals surface area contributed by atoms with E-state index in [4.69, 9.17) is 0 Å². The van der Waals surface area contributed by atoms with Crippen LogP contribution in [-0.2, 0) is 26.7 Å². The number of piperidine rings is 2. The maximum Gasteiger partial charge on any atom is 1.00 e. The van der Waals surface area contributed by atoms with Gasteiger partial charge in [0.2, 0.25) is 0 Å². The Bertz CT molecular complexity index is 1160. The summed E-state index contributed by atoms with van der Waals surface area (Å²) in [6, 6.07) is 10.5. The molecule has 0 N–H and O–H groups in total. The third kappa shape index (κ3) is 11.9. The second-order valence-electron chi connectivity index (χ2n) is 11.0. The molecule has 0 aromatic heterocycles. The van der Waals surface area contributed by atoms with Gasteiger partial charge in [-0.25, -0.2) is 0 Å². The van der Waals surface area contributed by atoms with Crippen molar-refractivity contribution < 1.29 is 64.6 Å². The zero-order valence-electron chi connectivity index (χ0n) is 25.1. The first kappa shape index (κ1) is 37.3. The molecule has 13 heteroatoms. The van der Waals surface area contributed by atoms with Crippen LogP contribution in [-0.4, -0.2) is 45.2 Å². The smallest absolute Gasteiger partial charge is 0.550 e. The van der Waals surface area contributed by atoms with E-state index >= 15 is 0 Å². The molecular formula is C31H37F6LiN2O4. The number of carboxylic acid groups (broad SMARTS) is 1. The minimum Gasteiger partial charge on any atom is -0.550 e. The van der Waals surface area contributed by atoms with Crippen LogP contribution in [0.25, 0.3) is 0 Å². The Hall–Kier alpha value is -2.84. The predicted molar refractivity (Wildman–Crippen MR) is 148 cm³/mol. The minimum absolute atomic E-state index is 0. The molecular weight excluding hydrogens is 585 g/mol. The Kier molecular flexibility index (Phi) is 14.4. The molecule has 2 saturated heterocycles. The van der Waals surface area contributed by atoms with E-state index in [2.05, 4.69) is 9.64 Å². The van der Waals surface area contributed by atoms with Crippen LogP contribution in [0.3, 0.4) is 0 Å². The fraction of sp³-hybridized carbons (Fsp3) is 0.548. The molecule has 238 valence electrons. The molecule has 2 fully saturated rings. The molecule has 0 unspecified atom stereocenters. The first-order valence-corrected chi connectivity index (χ1v) is 14.4. The van der Waals surface area contributed by atoms with Gasteiger partial charge in [0.05, 0.1) is 18.2 Å². The summed E-state index contributed by atoms with van der Waals surface area (Å²) < 4.78 is 79.7. The van der Waals surface area contributed by atoms with Gasteiger partial charge in [-0.2, -0.15) is 26.3 Å². The van der Waals surface area contributed by atoms with Crippen molar-refractivity contribution in [3.05, 3.63) is 59.7 Å². The number of hydrogen-bond acceptors (Lipinski definition) is 6. The van der Waals surface area contributed by atoms with Gasteiger partial charge in [0.25, 0.3) is 0 Å². The summed E-state index contributed by atoms with van der Waals surface area (Å²) in [5.74, 6) is -0.385. The van der Waals surface area contributed by atoms with E-state index in [9.17, 15) is 41.0 Å². The Morgan fingerprint density at radius 2 is 1.05 bits per heavy atom. The van der Waals surface area contributed by atoms with E-state index in [1.807, 2.05) is 4.90 Å². The predicted octanol–water partition coefficient (Wildman–Crippen LogP) is 3.33. The van der Waals surface area contributed by atoms with Crippen molar-refractivity contribution >= 4 is 23.3 Å². The maximum absolute atomic E-state index is 12.5. The van der Waals surface area contributed by atoms with Crippen LogP contribution in [0.1, 0.15) is 62.5 Å². The molecule has 0 amide bonds. The molecule has 2 aliphatic rings. The minimum atomic E-state index is -4.31. The fourth-order valence-corrected chi connectivity index (χ4v) is 5.43. The normalized spacial score (nSPS) is 16.4. The number of carbonyl (C=O) groups is 2. The van der Waals surface area contributed by atoms with Crippen molar-refractivity contribution in [1.29, 1.82) is 0 Å². The average Bonchev–Trinajstić information content (AvgIpc) is 2.99. The van der Waals surface area contributed by atoms with E-state index in [1.165, 1.54) is 31.4 Å². The number of aliphatic carboxylic acids is 1. The largest absolute Gasteiger partial charge is 1.00 e. The molecule has 0 atom stereocenters. The van der Waals surface area contributed by atoms with Crippen molar-refractivity contribution in [2.45, 2.75) is 63.7 Å². The SMILES string of the molecule is COC(=O)CCC1CCN(c2ccc(C(F)(F)F)cc2)CC1.O=C([O-])CCC1CCN(c2ccc(C(F)(F)F)cc2)CC1.[Li+]. The zero-order chi connectivity index (χ0) is 31.6. The number of rotatable bonds is 8. The van der Waals surface area contributed by atoms with Crippen molar-refractivity contribution in [3.8, 4) is 0 Å². The molecule has 2 aromatic carbocycles. The van der Waals surface area contributed by atoms with Crippen molar-refractivity contribution in [3.63, 3.8) is 0 Å². The van der Waals surface area contributed by atoms with Gasteiger partial charge in [0.1, 0.15) is 0 Å². The summed E-state index contributed by atoms with van der Waals surface area (Å²) >= 11 is 0. The van der Waals surface area contributed by atoms with Gasteiger partial charge in [0, 0.05) is 49.9 Å². The van der Waals surface area contributed by atoms with Gasteiger partial charge < -0.3 is 24.4 Å². The monoisotopic (exact) mass is 622 g/mol. The molecule has 4 rings (SSSR count). The summed E-state index contributed by atoms with van der Waals surface area (Å²) in [5.41, 5.74) is 0.333. The van der Waals surface area contributed by atoms with E-state index < -0.39 is 29.4 Å². The van der Waals surface area contributed by atoms with Gasteiger partial charge >= 0.3 is 37.2 Å². The van der Waals surface area contributed by atoms with E-state index in [0.717, 1.165) is 93.9 Å². The number of hydrogen-bond donors (Lipinski definition) is 0. The molecule has 0 bridgehead atoms. The van der Waals surface area contributed by atoms with E-state index in [1.54, 1.807) is 0 Å². The first-order valence-electron chi connectivity index (χ1n) is 14.4. The summed E-state index contributed by atoms with van der Waals surface area (Å²) in [6.07, 6.45) is -3.07. The van der Waals surface area contributed by atoms with Crippen LogP contribution >= 0.6 is 0 Å². The number of carbonyl (C=O) groups excluding carboxylic acids is 2. The van der Waals surface area contributed by atoms with Gasteiger partial charge in [-0.15, -0.1) is 0 Å². The number of methoxy groups -OCH3 is 1. The molecule has 0 saturated carbocycles. The summed E-state index contributed by atoms with van der Waals surface area (Å²) in [4.78, 5) is 25.7. The van der Waals surface area contributed by atoms with Crippen LogP contribution in [0.2, 0.25) is 0 Å². The van der Waals surface area contributed by atoms with Crippen molar-refractivity contribution in [2.75, 3.05) is 43.1 Å². The number of benzene rings is 2. The van der Waals surface area contributed by atoms with Gasteiger partial charge in [-0.1, -0.05) is 0 Å². The van der Waals surface area contributed by atoms with Gasteiger partial charge in [0.15, 0.2) is 0 Å². The van der Waals surface area contributed by atoms with Crippen LogP contribution in [0.15, 0.2) is 48.5 Å². The Labute approximate surface area is 265 Å². The Balaban J connectivity index is 0.000000300. The second kappa shape index (κ2) is 17.0. The standard InChI is InChI=1S/C16H20F3NO2.C15H18F3NO2.Li/c1-22-15(21)7-2-12-8-10-20(11-9-12)14-5-3-13(4-6-14)16(17,18)19;16-15(17,18)12-2-4-13(5-3-12)19-9-7-11(8-10-19)1-6-14(20)21;/h3-6,12H,2,7-11H2,1H3;2-5,11H,1,6-10H2,(H,20,21);/q;;+1/p-1. The molecule has 2 heterocycles. The van der Waals surface area contributed by atoms with E-state index in [-0.39, 0.29) is 31.3 Å². The fourth-order valence-electron chi connectivity index (χ4n) is 5.43. The number of anilines is 2. The molecule has 6 nitrogen and oxygen atoms in total. The topological polar surface area (TPSA) is 72.9 Å².